The van der Waals surface area contributed by atoms with Gasteiger partial charge in [0.2, 0.25) is 0 Å². The monoisotopic (exact) mass is 569 g/mol. The third-order valence-electron chi connectivity index (χ3n) is 6.67. The lowest BCUT2D eigenvalue weighted by Crippen LogP contribution is -2.01. The first-order valence-electron chi connectivity index (χ1n) is 17.2. The molecule has 0 aromatic heterocycles. The van der Waals surface area contributed by atoms with Gasteiger partial charge < -0.3 is 14.7 Å². The van der Waals surface area contributed by atoms with E-state index in [9.17, 15) is 14.4 Å². The molecule has 1 N–H and O–H groups in total. The summed E-state index contributed by atoms with van der Waals surface area (Å²) in [7, 11) is 0. The molecule has 0 amide bonds. The van der Waals surface area contributed by atoms with Gasteiger partial charge in [-0.2, -0.15) is 0 Å². The molecular formula is C36H72O4. The molecule has 4 nitrogen and oxygen atoms in total. The molecule has 0 heterocycles. The summed E-state index contributed by atoms with van der Waals surface area (Å²) in [6, 6.07) is 0. The smallest absolute Gasteiger partial charge is 0.145 e. The lowest BCUT2D eigenvalue weighted by molar-refractivity contribution is -0.111. The SMILES string of the molecule is CCCCC/C=C(/C=O)CCCC.CCCCCC=O.CCCCCCC(C=O)CCCC.CCCCCCO. The molecule has 40 heavy (non-hydrogen) atoms. The Labute approximate surface area is 251 Å². The van der Waals surface area contributed by atoms with Crippen LogP contribution in [0.3, 0.4) is 0 Å². The number of carbonyl (C=O) groups is 3. The van der Waals surface area contributed by atoms with Crippen LogP contribution < -0.4 is 0 Å². The van der Waals surface area contributed by atoms with E-state index in [-0.39, 0.29) is 0 Å². The lowest BCUT2D eigenvalue weighted by atomic mass is 9.97. The highest BCUT2D eigenvalue weighted by atomic mass is 16.3. The quantitative estimate of drug-likeness (QED) is 0.0675. The molecule has 0 rings (SSSR count). The topological polar surface area (TPSA) is 71.4 Å². The fraction of sp³-hybridized carbons (Fsp3) is 0.861. The molecular weight excluding hydrogens is 496 g/mol. The summed E-state index contributed by atoms with van der Waals surface area (Å²) in [5.74, 6) is 0.344. The Hall–Kier alpha value is -1.29. The van der Waals surface area contributed by atoms with Gasteiger partial charge in [-0.05, 0) is 56.9 Å². The molecule has 0 bridgehead atoms. The first-order chi connectivity index (χ1) is 19.5. The summed E-state index contributed by atoms with van der Waals surface area (Å²) in [6.07, 6.45) is 32.0. The third-order valence-corrected chi connectivity index (χ3v) is 6.67. The standard InChI is InChI=1S/C12H24O.C12H22O.C6H14O.C6H12O/c2*1-3-5-7-8-10-12(11-13)9-6-4-2;2*1-2-3-4-5-6-7/h11-12H,3-10H2,1-2H3;10-11H,3-9H2,1-2H3;7H,2-6H2,1H3;6H,2-5H2,1H3/b;12-10+;;. The minimum absolute atomic E-state index is 0.344. The Bertz CT molecular complexity index is 483. The van der Waals surface area contributed by atoms with Gasteiger partial charge in [0, 0.05) is 18.9 Å². The molecule has 1 atom stereocenters. The first kappa shape index (κ1) is 45.7. The molecule has 0 aliphatic rings. The van der Waals surface area contributed by atoms with Crippen LogP contribution in [0.2, 0.25) is 0 Å². The van der Waals surface area contributed by atoms with Crippen LogP contribution in [-0.2, 0) is 14.4 Å². The van der Waals surface area contributed by atoms with Crippen molar-refractivity contribution in [3.05, 3.63) is 11.6 Å². The molecule has 240 valence electrons. The van der Waals surface area contributed by atoms with Crippen molar-refractivity contribution >= 4 is 18.9 Å². The number of unbranched alkanes of at least 4 members (excludes halogenated alkanes) is 14. The van der Waals surface area contributed by atoms with Crippen molar-refractivity contribution in [2.75, 3.05) is 6.61 Å². The zero-order valence-corrected chi connectivity index (χ0v) is 28.0. The van der Waals surface area contributed by atoms with E-state index in [2.05, 4.69) is 47.6 Å². The van der Waals surface area contributed by atoms with Gasteiger partial charge in [-0.25, -0.2) is 0 Å². The van der Waals surface area contributed by atoms with Gasteiger partial charge in [0.25, 0.3) is 0 Å². The number of aliphatic hydroxyl groups excluding tert-OH is 1. The normalized spacial score (nSPS) is 11.1. The van der Waals surface area contributed by atoms with Crippen LogP contribution in [-0.4, -0.2) is 30.6 Å². The van der Waals surface area contributed by atoms with Crippen molar-refractivity contribution in [1.82, 2.24) is 0 Å². The van der Waals surface area contributed by atoms with Crippen LogP contribution in [0.1, 0.15) is 189 Å². The molecule has 1 unspecified atom stereocenters. The Morgan fingerprint density at radius 1 is 0.550 bits per heavy atom. The van der Waals surface area contributed by atoms with Crippen molar-refractivity contribution in [2.24, 2.45) is 5.92 Å². The number of aliphatic hydroxyl groups is 1. The zero-order valence-electron chi connectivity index (χ0n) is 28.0. The second kappa shape index (κ2) is 47.5. The van der Waals surface area contributed by atoms with E-state index < -0.39 is 0 Å². The molecule has 4 heteroatoms. The van der Waals surface area contributed by atoms with Gasteiger partial charge in [0.05, 0.1) is 0 Å². The lowest BCUT2D eigenvalue weighted by Gasteiger charge is -2.08. The molecule has 0 aromatic rings. The molecule has 0 saturated carbocycles. The predicted octanol–water partition coefficient (Wildman–Crippen LogP) is 11.2. The van der Waals surface area contributed by atoms with Gasteiger partial charge in [-0.1, -0.05) is 138 Å². The molecule has 0 aliphatic carbocycles. The minimum Gasteiger partial charge on any atom is -0.396 e. The van der Waals surface area contributed by atoms with Crippen LogP contribution in [0.25, 0.3) is 0 Å². The summed E-state index contributed by atoms with van der Waals surface area (Å²) >= 11 is 0. The summed E-state index contributed by atoms with van der Waals surface area (Å²) in [6.45, 7) is 13.4. The molecule has 0 aliphatic heterocycles. The van der Waals surface area contributed by atoms with Gasteiger partial charge in [-0.15, -0.1) is 0 Å². The van der Waals surface area contributed by atoms with Gasteiger partial charge in [0.1, 0.15) is 18.9 Å². The molecule has 0 spiro atoms. The Balaban J connectivity index is -0.000000225. The van der Waals surface area contributed by atoms with E-state index in [4.69, 9.17) is 5.11 Å². The van der Waals surface area contributed by atoms with E-state index in [0.717, 1.165) is 75.8 Å². The number of carbonyl (C=O) groups excluding carboxylic acids is 3. The average Bonchev–Trinajstić information content (AvgIpc) is 2.98. The highest BCUT2D eigenvalue weighted by molar-refractivity contribution is 5.72. The van der Waals surface area contributed by atoms with Crippen molar-refractivity contribution in [3.63, 3.8) is 0 Å². The summed E-state index contributed by atoms with van der Waals surface area (Å²) in [4.78, 5) is 31.0. The van der Waals surface area contributed by atoms with Crippen molar-refractivity contribution < 1.29 is 19.5 Å². The van der Waals surface area contributed by atoms with Crippen LogP contribution in [0, 0.1) is 5.92 Å². The predicted molar refractivity (Wildman–Crippen MR) is 177 cm³/mol. The van der Waals surface area contributed by atoms with E-state index in [1.807, 2.05) is 0 Å². The maximum absolute atomic E-state index is 10.7. The maximum atomic E-state index is 10.7. The van der Waals surface area contributed by atoms with E-state index in [1.54, 1.807) is 0 Å². The van der Waals surface area contributed by atoms with Gasteiger partial charge in [-0.3, -0.25) is 4.79 Å². The van der Waals surface area contributed by atoms with Crippen molar-refractivity contribution in [1.29, 1.82) is 0 Å². The summed E-state index contributed by atoms with van der Waals surface area (Å²) in [5.41, 5.74) is 0.998. The largest absolute Gasteiger partial charge is 0.396 e. The molecule has 0 radical (unpaired) electrons. The Morgan fingerprint density at radius 2 is 1.02 bits per heavy atom. The van der Waals surface area contributed by atoms with Crippen LogP contribution in [0.5, 0.6) is 0 Å². The maximum Gasteiger partial charge on any atom is 0.145 e. The fourth-order valence-electron chi connectivity index (χ4n) is 3.87. The number of rotatable bonds is 25. The second-order valence-corrected chi connectivity index (χ2v) is 10.8. The number of aldehydes is 3. The van der Waals surface area contributed by atoms with Crippen LogP contribution in [0.15, 0.2) is 11.6 Å². The number of allylic oxidation sites excluding steroid dienone is 2. The van der Waals surface area contributed by atoms with Crippen molar-refractivity contribution in [3.8, 4) is 0 Å². The molecule has 0 saturated heterocycles. The van der Waals surface area contributed by atoms with Gasteiger partial charge in [0.15, 0.2) is 0 Å². The van der Waals surface area contributed by atoms with E-state index in [1.165, 1.54) is 96.3 Å². The molecule has 0 aromatic carbocycles. The van der Waals surface area contributed by atoms with E-state index in [0.29, 0.717) is 12.5 Å². The number of hydrogen-bond acceptors (Lipinski definition) is 4. The Morgan fingerprint density at radius 3 is 1.48 bits per heavy atom. The fourth-order valence-corrected chi connectivity index (χ4v) is 3.87. The number of hydrogen-bond donors (Lipinski definition) is 1. The highest BCUT2D eigenvalue weighted by Crippen LogP contribution is 2.15. The Kier molecular flexibility index (Phi) is 54.3. The average molecular weight is 569 g/mol. The minimum atomic E-state index is 0.344. The van der Waals surface area contributed by atoms with E-state index >= 15 is 0 Å². The van der Waals surface area contributed by atoms with Crippen molar-refractivity contribution in [2.45, 2.75) is 189 Å². The highest BCUT2D eigenvalue weighted by Gasteiger charge is 2.05. The first-order valence-corrected chi connectivity index (χ1v) is 17.2. The second-order valence-electron chi connectivity index (χ2n) is 10.8. The third kappa shape index (κ3) is 49.6. The summed E-state index contributed by atoms with van der Waals surface area (Å²) in [5, 5.41) is 8.29. The zero-order chi connectivity index (χ0) is 31.0. The summed E-state index contributed by atoms with van der Waals surface area (Å²) < 4.78 is 0. The molecule has 0 fully saturated rings. The van der Waals surface area contributed by atoms with Crippen LogP contribution >= 0.6 is 0 Å². The van der Waals surface area contributed by atoms with Gasteiger partial charge >= 0.3 is 0 Å². The van der Waals surface area contributed by atoms with Crippen LogP contribution in [0.4, 0.5) is 0 Å².